The molecular formula is C13H16FN3. The van der Waals surface area contributed by atoms with Gasteiger partial charge in [0.1, 0.15) is 5.82 Å². The Bertz CT molecular complexity index is 517. The summed E-state index contributed by atoms with van der Waals surface area (Å²) < 4.78 is 15.4. The molecule has 90 valence electrons. The van der Waals surface area contributed by atoms with Gasteiger partial charge in [-0.05, 0) is 32.9 Å². The van der Waals surface area contributed by atoms with Crippen LogP contribution in [0.5, 0.6) is 0 Å². The smallest absolute Gasteiger partial charge is 0.207 e. The van der Waals surface area contributed by atoms with Crippen LogP contribution in [-0.4, -0.2) is 15.6 Å². The van der Waals surface area contributed by atoms with Crippen molar-refractivity contribution in [3.05, 3.63) is 42.0 Å². The van der Waals surface area contributed by atoms with Crippen molar-refractivity contribution in [1.82, 2.24) is 9.55 Å². The number of imidazole rings is 1. The standard InChI is InChI=1S/C13H16FN3/c1-9(2)16-13-15-7-8-17(13)12-6-4-5-11(14)10(12)3/h4-9H,1-3H3,(H,15,16). The molecule has 3 nitrogen and oxygen atoms in total. The molecule has 1 aromatic carbocycles. The molecule has 0 atom stereocenters. The van der Waals surface area contributed by atoms with Gasteiger partial charge in [0.25, 0.3) is 0 Å². The van der Waals surface area contributed by atoms with Gasteiger partial charge in [0, 0.05) is 24.0 Å². The lowest BCUT2D eigenvalue weighted by atomic mass is 10.2. The average Bonchev–Trinajstić information content (AvgIpc) is 2.69. The fourth-order valence-electron chi connectivity index (χ4n) is 1.72. The number of halogens is 1. The van der Waals surface area contributed by atoms with Crippen molar-refractivity contribution >= 4 is 5.95 Å². The molecule has 0 saturated heterocycles. The van der Waals surface area contributed by atoms with Crippen LogP contribution in [0, 0.1) is 12.7 Å². The maximum absolute atomic E-state index is 13.5. The van der Waals surface area contributed by atoms with Crippen molar-refractivity contribution in [2.75, 3.05) is 5.32 Å². The highest BCUT2D eigenvalue weighted by Gasteiger charge is 2.10. The molecule has 0 saturated carbocycles. The van der Waals surface area contributed by atoms with Crippen LogP contribution in [0.15, 0.2) is 30.6 Å². The van der Waals surface area contributed by atoms with Gasteiger partial charge in [0.2, 0.25) is 5.95 Å². The van der Waals surface area contributed by atoms with Gasteiger partial charge in [0.15, 0.2) is 0 Å². The lowest BCUT2D eigenvalue weighted by molar-refractivity contribution is 0.617. The molecule has 1 aromatic heterocycles. The van der Waals surface area contributed by atoms with Crippen LogP contribution < -0.4 is 5.32 Å². The van der Waals surface area contributed by atoms with Gasteiger partial charge in [-0.3, -0.25) is 4.57 Å². The van der Waals surface area contributed by atoms with E-state index in [1.54, 1.807) is 19.2 Å². The van der Waals surface area contributed by atoms with Crippen LogP contribution in [-0.2, 0) is 0 Å². The number of rotatable bonds is 3. The first-order valence-electron chi connectivity index (χ1n) is 5.65. The lowest BCUT2D eigenvalue weighted by Crippen LogP contribution is -2.14. The highest BCUT2D eigenvalue weighted by atomic mass is 19.1. The monoisotopic (exact) mass is 233 g/mol. The molecule has 0 aliphatic heterocycles. The third-order valence-corrected chi connectivity index (χ3v) is 2.56. The SMILES string of the molecule is Cc1c(F)cccc1-n1ccnc1NC(C)C. The fraction of sp³-hybridized carbons (Fsp3) is 0.308. The van der Waals surface area contributed by atoms with Gasteiger partial charge >= 0.3 is 0 Å². The van der Waals surface area contributed by atoms with Crippen LogP contribution in [0.25, 0.3) is 5.69 Å². The first-order chi connectivity index (χ1) is 8.09. The zero-order chi connectivity index (χ0) is 12.4. The second-order valence-electron chi connectivity index (χ2n) is 4.30. The lowest BCUT2D eigenvalue weighted by Gasteiger charge is -2.14. The predicted octanol–water partition coefficient (Wildman–Crippen LogP) is 3.14. The van der Waals surface area contributed by atoms with Gasteiger partial charge in [0.05, 0.1) is 5.69 Å². The van der Waals surface area contributed by atoms with Crippen molar-refractivity contribution in [2.24, 2.45) is 0 Å². The van der Waals surface area contributed by atoms with E-state index in [1.165, 1.54) is 6.07 Å². The molecule has 1 N–H and O–H groups in total. The minimum atomic E-state index is -0.202. The maximum Gasteiger partial charge on any atom is 0.207 e. The summed E-state index contributed by atoms with van der Waals surface area (Å²) in [6.45, 7) is 5.85. The van der Waals surface area contributed by atoms with Crippen LogP contribution in [0.1, 0.15) is 19.4 Å². The first kappa shape index (κ1) is 11.6. The average molecular weight is 233 g/mol. The molecule has 0 fully saturated rings. The van der Waals surface area contributed by atoms with Gasteiger partial charge in [-0.25, -0.2) is 9.37 Å². The normalized spacial score (nSPS) is 10.9. The van der Waals surface area contributed by atoms with Gasteiger partial charge in [-0.15, -0.1) is 0 Å². The van der Waals surface area contributed by atoms with Crippen molar-refractivity contribution < 1.29 is 4.39 Å². The summed E-state index contributed by atoms with van der Waals surface area (Å²) in [5.74, 6) is 0.528. The molecule has 0 aliphatic rings. The summed E-state index contributed by atoms with van der Waals surface area (Å²) >= 11 is 0. The predicted molar refractivity (Wildman–Crippen MR) is 67.0 cm³/mol. The zero-order valence-electron chi connectivity index (χ0n) is 10.2. The Balaban J connectivity index is 2.46. The third-order valence-electron chi connectivity index (χ3n) is 2.56. The van der Waals surface area contributed by atoms with E-state index in [9.17, 15) is 4.39 Å². The van der Waals surface area contributed by atoms with E-state index in [4.69, 9.17) is 0 Å². The summed E-state index contributed by atoms with van der Waals surface area (Å²) in [6.07, 6.45) is 3.53. The van der Waals surface area contributed by atoms with E-state index in [2.05, 4.69) is 10.3 Å². The molecule has 0 bridgehead atoms. The highest BCUT2D eigenvalue weighted by Crippen LogP contribution is 2.20. The van der Waals surface area contributed by atoms with Crippen LogP contribution in [0.3, 0.4) is 0 Å². The van der Waals surface area contributed by atoms with Crippen molar-refractivity contribution in [3.8, 4) is 5.69 Å². The molecule has 17 heavy (non-hydrogen) atoms. The summed E-state index contributed by atoms with van der Waals surface area (Å²) in [5, 5.41) is 3.23. The molecule has 4 heteroatoms. The van der Waals surface area contributed by atoms with Crippen LogP contribution in [0.4, 0.5) is 10.3 Å². The Morgan fingerprint density at radius 3 is 2.82 bits per heavy atom. The molecule has 0 unspecified atom stereocenters. The summed E-state index contributed by atoms with van der Waals surface area (Å²) in [5.41, 5.74) is 1.43. The third kappa shape index (κ3) is 2.30. The van der Waals surface area contributed by atoms with E-state index >= 15 is 0 Å². The number of nitrogens with zero attached hydrogens (tertiary/aromatic N) is 2. The maximum atomic E-state index is 13.5. The second kappa shape index (κ2) is 4.57. The Morgan fingerprint density at radius 2 is 2.12 bits per heavy atom. The Labute approximate surface area is 100 Å². The highest BCUT2D eigenvalue weighted by molar-refractivity contribution is 5.47. The number of anilines is 1. The number of benzene rings is 1. The Hall–Kier alpha value is -1.84. The van der Waals surface area contributed by atoms with Crippen molar-refractivity contribution in [2.45, 2.75) is 26.8 Å². The molecule has 1 heterocycles. The second-order valence-corrected chi connectivity index (χ2v) is 4.30. The molecule has 2 aromatic rings. The van der Waals surface area contributed by atoms with Crippen LogP contribution in [0.2, 0.25) is 0 Å². The van der Waals surface area contributed by atoms with Gasteiger partial charge < -0.3 is 5.32 Å². The summed E-state index contributed by atoms with van der Waals surface area (Å²) in [4.78, 5) is 4.23. The Kier molecular flexibility index (Phi) is 3.13. The van der Waals surface area contributed by atoms with Crippen molar-refractivity contribution in [3.63, 3.8) is 0 Å². The summed E-state index contributed by atoms with van der Waals surface area (Å²) in [7, 11) is 0. The van der Waals surface area contributed by atoms with Gasteiger partial charge in [-0.2, -0.15) is 0 Å². The number of hydrogen-bond acceptors (Lipinski definition) is 2. The van der Waals surface area contributed by atoms with E-state index in [0.717, 1.165) is 11.6 Å². The van der Waals surface area contributed by atoms with E-state index in [1.807, 2.05) is 30.7 Å². The fourth-order valence-corrected chi connectivity index (χ4v) is 1.72. The Morgan fingerprint density at radius 1 is 1.35 bits per heavy atom. The summed E-state index contributed by atoms with van der Waals surface area (Å²) in [6, 6.07) is 5.33. The first-order valence-corrected chi connectivity index (χ1v) is 5.65. The molecular weight excluding hydrogens is 217 g/mol. The molecule has 0 amide bonds. The number of hydrogen-bond donors (Lipinski definition) is 1. The van der Waals surface area contributed by atoms with Crippen LogP contribution >= 0.6 is 0 Å². The topological polar surface area (TPSA) is 29.9 Å². The quantitative estimate of drug-likeness (QED) is 0.882. The van der Waals surface area contributed by atoms with Crippen molar-refractivity contribution in [1.29, 1.82) is 0 Å². The molecule has 0 radical (unpaired) electrons. The van der Waals surface area contributed by atoms with E-state index in [-0.39, 0.29) is 11.9 Å². The number of nitrogens with one attached hydrogen (secondary N) is 1. The van der Waals surface area contributed by atoms with E-state index in [0.29, 0.717) is 5.56 Å². The van der Waals surface area contributed by atoms with E-state index < -0.39 is 0 Å². The molecule has 2 rings (SSSR count). The van der Waals surface area contributed by atoms with Gasteiger partial charge in [-0.1, -0.05) is 6.07 Å². The minimum absolute atomic E-state index is 0.202. The minimum Gasteiger partial charge on any atom is -0.353 e. The zero-order valence-corrected chi connectivity index (χ0v) is 10.2. The molecule has 0 aliphatic carbocycles. The largest absolute Gasteiger partial charge is 0.353 e. The number of aromatic nitrogens is 2. The molecule has 0 spiro atoms.